The van der Waals surface area contributed by atoms with E-state index in [4.69, 9.17) is 13.7 Å². The molecule has 3 aromatic rings. The molecule has 1 aromatic carbocycles. The van der Waals surface area contributed by atoms with Crippen molar-refractivity contribution in [2.45, 2.75) is 27.0 Å². The molecule has 0 spiro atoms. The highest BCUT2D eigenvalue weighted by Crippen LogP contribution is 2.17. The van der Waals surface area contributed by atoms with Crippen LogP contribution in [0.25, 0.3) is 0 Å². The van der Waals surface area contributed by atoms with Gasteiger partial charge in [0.05, 0.1) is 12.0 Å². The van der Waals surface area contributed by atoms with Crippen molar-refractivity contribution in [3.63, 3.8) is 0 Å². The minimum absolute atomic E-state index is 0.248. The molecule has 2 aromatic heterocycles. The lowest BCUT2D eigenvalue weighted by molar-refractivity contribution is 0.0919. The van der Waals surface area contributed by atoms with Crippen LogP contribution in [0.1, 0.15) is 33.1 Å². The highest BCUT2D eigenvalue weighted by Gasteiger charge is 2.17. The molecule has 1 amide bonds. The molecule has 3 rings (SSSR count). The molecular weight excluding hydrogens is 308 g/mol. The van der Waals surface area contributed by atoms with E-state index in [1.165, 1.54) is 6.26 Å². The van der Waals surface area contributed by atoms with E-state index in [1.807, 2.05) is 44.2 Å². The monoisotopic (exact) mass is 326 g/mol. The Balaban J connectivity index is 1.63. The third kappa shape index (κ3) is 3.48. The van der Waals surface area contributed by atoms with Crippen molar-refractivity contribution in [3.8, 4) is 5.75 Å². The molecule has 0 saturated carbocycles. The van der Waals surface area contributed by atoms with Crippen molar-refractivity contribution < 1.29 is 18.5 Å². The number of ether oxygens (including phenoxy) is 1. The van der Waals surface area contributed by atoms with Gasteiger partial charge in [0.2, 0.25) is 0 Å². The fourth-order valence-electron chi connectivity index (χ4n) is 2.33. The van der Waals surface area contributed by atoms with Crippen LogP contribution in [0.2, 0.25) is 0 Å². The zero-order valence-electron chi connectivity index (χ0n) is 13.5. The summed E-state index contributed by atoms with van der Waals surface area (Å²) < 4.78 is 16.1. The van der Waals surface area contributed by atoms with Gasteiger partial charge in [0.1, 0.15) is 18.1 Å². The lowest BCUT2D eigenvalue weighted by Crippen LogP contribution is -2.24. The van der Waals surface area contributed by atoms with Gasteiger partial charge in [-0.25, -0.2) is 0 Å². The molecule has 0 fully saturated rings. The molecule has 0 radical (unpaired) electrons. The van der Waals surface area contributed by atoms with Crippen molar-refractivity contribution in [1.82, 2.24) is 10.5 Å². The SMILES string of the molecule is Cc1noc(C)c1CNC(=O)c1occc1COc1ccccc1. The van der Waals surface area contributed by atoms with Crippen LogP contribution in [0, 0.1) is 13.8 Å². The summed E-state index contributed by atoms with van der Waals surface area (Å²) in [6, 6.07) is 11.1. The number of nitrogens with one attached hydrogen (secondary N) is 1. The molecule has 0 aliphatic rings. The Bertz CT molecular complexity index is 801. The molecular formula is C18H18N2O4. The number of hydrogen-bond donors (Lipinski definition) is 1. The Morgan fingerprint density at radius 1 is 1.21 bits per heavy atom. The Kier molecular flexibility index (Phi) is 4.65. The molecule has 6 heteroatoms. The van der Waals surface area contributed by atoms with Gasteiger partial charge in [0.25, 0.3) is 5.91 Å². The summed E-state index contributed by atoms with van der Waals surface area (Å²) in [7, 11) is 0. The molecule has 2 heterocycles. The molecule has 0 aliphatic heterocycles. The lowest BCUT2D eigenvalue weighted by Gasteiger charge is -2.07. The smallest absolute Gasteiger partial charge is 0.287 e. The lowest BCUT2D eigenvalue weighted by atomic mass is 10.2. The number of carbonyl (C=O) groups is 1. The van der Waals surface area contributed by atoms with E-state index in [1.54, 1.807) is 6.07 Å². The first-order chi connectivity index (χ1) is 11.6. The fraction of sp³-hybridized carbons (Fsp3) is 0.222. The second-order valence-corrected chi connectivity index (χ2v) is 5.36. The second kappa shape index (κ2) is 7.04. The Morgan fingerprint density at radius 2 is 2.00 bits per heavy atom. The van der Waals surface area contributed by atoms with Gasteiger partial charge in [-0.2, -0.15) is 0 Å². The topological polar surface area (TPSA) is 77.5 Å². The van der Waals surface area contributed by atoms with Crippen molar-refractivity contribution >= 4 is 5.91 Å². The van der Waals surface area contributed by atoms with E-state index in [2.05, 4.69) is 10.5 Å². The minimum atomic E-state index is -0.299. The summed E-state index contributed by atoms with van der Waals surface area (Å²) >= 11 is 0. The van der Waals surface area contributed by atoms with Crippen LogP contribution < -0.4 is 10.1 Å². The van der Waals surface area contributed by atoms with Gasteiger partial charge >= 0.3 is 0 Å². The van der Waals surface area contributed by atoms with E-state index in [0.717, 1.165) is 17.0 Å². The molecule has 0 atom stereocenters. The van der Waals surface area contributed by atoms with E-state index in [0.29, 0.717) is 17.9 Å². The number of rotatable bonds is 6. The molecule has 0 bridgehead atoms. The van der Waals surface area contributed by atoms with E-state index >= 15 is 0 Å². The molecule has 0 aliphatic carbocycles. The molecule has 124 valence electrons. The van der Waals surface area contributed by atoms with Crippen LogP contribution in [-0.4, -0.2) is 11.1 Å². The third-order valence-electron chi connectivity index (χ3n) is 3.70. The first-order valence-corrected chi connectivity index (χ1v) is 7.59. The highest BCUT2D eigenvalue weighted by molar-refractivity contribution is 5.92. The van der Waals surface area contributed by atoms with Crippen LogP contribution >= 0.6 is 0 Å². The maximum atomic E-state index is 12.3. The standard InChI is InChI=1S/C18H18N2O4/c1-12-16(13(2)24-20-12)10-19-18(21)17-14(8-9-22-17)11-23-15-6-4-3-5-7-15/h3-9H,10-11H2,1-2H3,(H,19,21). The predicted molar refractivity (Wildman–Crippen MR) is 86.6 cm³/mol. The minimum Gasteiger partial charge on any atom is -0.489 e. The van der Waals surface area contributed by atoms with Crippen molar-refractivity contribution in [2.24, 2.45) is 0 Å². The van der Waals surface area contributed by atoms with Crippen LogP contribution in [0.4, 0.5) is 0 Å². The molecule has 6 nitrogen and oxygen atoms in total. The molecule has 1 N–H and O–H groups in total. The fourth-order valence-corrected chi connectivity index (χ4v) is 2.33. The number of amides is 1. The maximum Gasteiger partial charge on any atom is 0.287 e. The van der Waals surface area contributed by atoms with Gasteiger partial charge < -0.3 is 19.0 Å². The summed E-state index contributed by atoms with van der Waals surface area (Å²) in [6.07, 6.45) is 1.48. The number of aromatic nitrogens is 1. The summed E-state index contributed by atoms with van der Waals surface area (Å²) in [6.45, 7) is 4.24. The highest BCUT2D eigenvalue weighted by atomic mass is 16.5. The molecule has 24 heavy (non-hydrogen) atoms. The first-order valence-electron chi connectivity index (χ1n) is 7.59. The number of benzene rings is 1. The summed E-state index contributed by atoms with van der Waals surface area (Å²) in [5.41, 5.74) is 2.33. The van der Waals surface area contributed by atoms with Crippen LogP contribution in [0.15, 0.2) is 51.6 Å². The maximum absolute atomic E-state index is 12.3. The van der Waals surface area contributed by atoms with Gasteiger partial charge in [0.15, 0.2) is 5.76 Å². The number of furan rings is 1. The van der Waals surface area contributed by atoms with E-state index < -0.39 is 0 Å². The number of carbonyl (C=O) groups excluding carboxylic acids is 1. The second-order valence-electron chi connectivity index (χ2n) is 5.36. The number of hydrogen-bond acceptors (Lipinski definition) is 5. The average molecular weight is 326 g/mol. The van der Waals surface area contributed by atoms with Gasteiger partial charge in [-0.15, -0.1) is 0 Å². The predicted octanol–water partition coefficient (Wildman–Crippen LogP) is 3.39. The number of aryl methyl sites for hydroxylation is 2. The largest absolute Gasteiger partial charge is 0.489 e. The number of para-hydroxylation sites is 1. The Morgan fingerprint density at radius 3 is 2.71 bits per heavy atom. The summed E-state index contributed by atoms with van der Waals surface area (Å²) in [5, 5.41) is 6.69. The normalized spacial score (nSPS) is 10.6. The average Bonchev–Trinajstić information content (AvgIpc) is 3.19. The van der Waals surface area contributed by atoms with Crippen molar-refractivity contribution in [3.05, 3.63) is 71.0 Å². The quantitative estimate of drug-likeness (QED) is 0.751. The van der Waals surface area contributed by atoms with Crippen LogP contribution in [0.3, 0.4) is 0 Å². The first kappa shape index (κ1) is 15.9. The zero-order valence-corrected chi connectivity index (χ0v) is 13.5. The molecule has 0 unspecified atom stereocenters. The van der Waals surface area contributed by atoms with Gasteiger partial charge in [-0.05, 0) is 32.0 Å². The third-order valence-corrected chi connectivity index (χ3v) is 3.70. The van der Waals surface area contributed by atoms with E-state index in [-0.39, 0.29) is 18.3 Å². The Labute approximate surface area is 139 Å². The number of nitrogens with zero attached hydrogens (tertiary/aromatic N) is 1. The Hall–Kier alpha value is -3.02. The van der Waals surface area contributed by atoms with Gasteiger partial charge in [-0.1, -0.05) is 23.4 Å². The summed E-state index contributed by atoms with van der Waals surface area (Å²) in [5.74, 6) is 1.38. The summed E-state index contributed by atoms with van der Waals surface area (Å²) in [4.78, 5) is 12.3. The zero-order chi connectivity index (χ0) is 16.9. The van der Waals surface area contributed by atoms with Gasteiger partial charge in [0, 0.05) is 17.7 Å². The van der Waals surface area contributed by atoms with Crippen molar-refractivity contribution in [1.29, 1.82) is 0 Å². The van der Waals surface area contributed by atoms with Crippen LogP contribution in [0.5, 0.6) is 5.75 Å². The van der Waals surface area contributed by atoms with Crippen molar-refractivity contribution in [2.75, 3.05) is 0 Å². The van der Waals surface area contributed by atoms with Gasteiger partial charge in [-0.3, -0.25) is 4.79 Å². The van der Waals surface area contributed by atoms with Crippen LogP contribution in [-0.2, 0) is 13.2 Å². The van der Waals surface area contributed by atoms with E-state index in [9.17, 15) is 4.79 Å². The molecule has 0 saturated heterocycles.